The maximum Gasteiger partial charge on any atom is 0.191 e. The molecule has 2 unspecified atom stereocenters. The first-order valence-corrected chi connectivity index (χ1v) is 10.6. The summed E-state index contributed by atoms with van der Waals surface area (Å²) in [6.45, 7) is 9.37. The summed E-state index contributed by atoms with van der Waals surface area (Å²) in [4.78, 5) is 8.79. The van der Waals surface area contributed by atoms with E-state index in [4.69, 9.17) is 9.73 Å². The minimum atomic E-state index is 0.201. The van der Waals surface area contributed by atoms with Crippen molar-refractivity contribution in [2.45, 2.75) is 25.9 Å². The molecule has 3 rings (SSSR count). The van der Waals surface area contributed by atoms with Crippen LogP contribution in [0.1, 0.15) is 36.4 Å². The van der Waals surface area contributed by atoms with Crippen LogP contribution >= 0.6 is 11.3 Å². The van der Waals surface area contributed by atoms with Gasteiger partial charge in [-0.25, -0.2) is 0 Å². The Morgan fingerprint density at radius 1 is 1.19 bits per heavy atom. The number of guanidine groups is 1. The van der Waals surface area contributed by atoms with Gasteiger partial charge in [-0.3, -0.25) is 9.89 Å². The van der Waals surface area contributed by atoms with Crippen LogP contribution in [0.15, 0.2) is 52.8 Å². The van der Waals surface area contributed by atoms with Gasteiger partial charge in [0.25, 0.3) is 0 Å². The monoisotopic (exact) mass is 386 g/mol. The van der Waals surface area contributed by atoms with Crippen LogP contribution in [0.5, 0.6) is 0 Å². The third kappa shape index (κ3) is 5.79. The van der Waals surface area contributed by atoms with Crippen LogP contribution in [0.2, 0.25) is 0 Å². The Balaban J connectivity index is 1.70. The molecule has 0 bridgehead atoms. The molecule has 0 saturated carbocycles. The molecule has 2 aromatic rings. The first kappa shape index (κ1) is 19.9. The Labute approximate surface area is 166 Å². The van der Waals surface area contributed by atoms with Crippen LogP contribution in [-0.4, -0.2) is 50.3 Å². The molecule has 0 spiro atoms. The Kier molecular flexibility index (Phi) is 7.68. The van der Waals surface area contributed by atoms with Crippen LogP contribution in [0.25, 0.3) is 0 Å². The van der Waals surface area contributed by atoms with E-state index in [9.17, 15) is 0 Å². The molecule has 1 aliphatic rings. The molecule has 2 N–H and O–H groups in total. The average molecular weight is 387 g/mol. The lowest BCUT2D eigenvalue weighted by Gasteiger charge is -2.33. The van der Waals surface area contributed by atoms with Crippen LogP contribution in [-0.2, 0) is 4.74 Å². The number of rotatable bonds is 7. The Morgan fingerprint density at radius 3 is 2.63 bits per heavy atom. The van der Waals surface area contributed by atoms with Crippen molar-refractivity contribution < 1.29 is 4.74 Å². The van der Waals surface area contributed by atoms with E-state index < -0.39 is 0 Å². The lowest BCUT2D eigenvalue weighted by molar-refractivity contribution is 0.0186. The molecule has 5 nitrogen and oxygen atoms in total. The van der Waals surface area contributed by atoms with Crippen molar-refractivity contribution in [2.24, 2.45) is 4.99 Å². The normalized spacial score (nSPS) is 18.1. The van der Waals surface area contributed by atoms with Crippen LogP contribution in [0.4, 0.5) is 0 Å². The van der Waals surface area contributed by atoms with E-state index in [0.717, 1.165) is 45.4 Å². The average Bonchev–Trinajstić information content (AvgIpc) is 3.24. The fourth-order valence-corrected chi connectivity index (χ4v) is 4.14. The molecule has 146 valence electrons. The quantitative estimate of drug-likeness (QED) is 0.565. The van der Waals surface area contributed by atoms with E-state index in [1.165, 1.54) is 10.4 Å². The summed E-state index contributed by atoms with van der Waals surface area (Å²) in [6, 6.07) is 15.3. The van der Waals surface area contributed by atoms with Crippen molar-refractivity contribution in [2.75, 3.05) is 39.4 Å². The third-order valence-corrected chi connectivity index (χ3v) is 5.75. The number of ether oxygens (including phenoxy) is 1. The van der Waals surface area contributed by atoms with E-state index in [0.29, 0.717) is 6.04 Å². The molecule has 2 atom stereocenters. The standard InChI is InChI=1S/C21H30N4OS/c1-3-22-21(24-17(2)18-8-5-4-6-9-18)23-16-19(20-10-7-15-27-20)25-11-13-26-14-12-25/h4-10,15,17,19H,3,11-14,16H2,1-2H3,(H2,22,23,24). The minimum absolute atomic E-state index is 0.201. The fraction of sp³-hybridized carbons (Fsp3) is 0.476. The summed E-state index contributed by atoms with van der Waals surface area (Å²) in [5.41, 5.74) is 1.26. The highest BCUT2D eigenvalue weighted by Crippen LogP contribution is 2.26. The maximum atomic E-state index is 5.53. The topological polar surface area (TPSA) is 48.9 Å². The van der Waals surface area contributed by atoms with Crippen molar-refractivity contribution in [3.63, 3.8) is 0 Å². The number of nitrogens with one attached hydrogen (secondary N) is 2. The molecule has 0 radical (unpaired) electrons. The van der Waals surface area contributed by atoms with Gasteiger partial charge in [0.05, 0.1) is 31.8 Å². The van der Waals surface area contributed by atoms with E-state index in [2.05, 4.69) is 71.2 Å². The lowest BCUT2D eigenvalue weighted by Crippen LogP contribution is -2.42. The molecule has 1 aromatic heterocycles. The Hall–Kier alpha value is -1.89. The number of hydrogen-bond donors (Lipinski definition) is 2. The van der Waals surface area contributed by atoms with Crippen LogP contribution in [0, 0.1) is 0 Å². The predicted octanol–water partition coefficient (Wildman–Crippen LogP) is 3.44. The molecule has 2 heterocycles. The van der Waals surface area contributed by atoms with Crippen molar-refractivity contribution in [3.05, 3.63) is 58.3 Å². The van der Waals surface area contributed by atoms with E-state index >= 15 is 0 Å². The largest absolute Gasteiger partial charge is 0.379 e. The van der Waals surface area contributed by atoms with Gasteiger partial charge in [0.15, 0.2) is 5.96 Å². The summed E-state index contributed by atoms with van der Waals surface area (Å²) < 4.78 is 5.53. The van der Waals surface area contributed by atoms with Gasteiger partial charge in [-0.05, 0) is 30.9 Å². The lowest BCUT2D eigenvalue weighted by atomic mass is 10.1. The summed E-state index contributed by atoms with van der Waals surface area (Å²) in [5.74, 6) is 0.865. The third-order valence-electron chi connectivity index (χ3n) is 4.78. The zero-order chi connectivity index (χ0) is 18.9. The fourth-order valence-electron chi connectivity index (χ4n) is 3.28. The summed E-state index contributed by atoms with van der Waals surface area (Å²) >= 11 is 1.81. The van der Waals surface area contributed by atoms with E-state index in [1.807, 2.05) is 17.4 Å². The highest BCUT2D eigenvalue weighted by molar-refractivity contribution is 7.10. The van der Waals surface area contributed by atoms with Gasteiger partial charge >= 0.3 is 0 Å². The van der Waals surface area contributed by atoms with E-state index in [1.54, 1.807) is 0 Å². The van der Waals surface area contributed by atoms with Gasteiger partial charge in [0, 0.05) is 24.5 Å². The highest BCUT2D eigenvalue weighted by Gasteiger charge is 2.23. The number of thiophene rings is 1. The highest BCUT2D eigenvalue weighted by atomic mass is 32.1. The van der Waals surface area contributed by atoms with Crippen molar-refractivity contribution in [3.8, 4) is 0 Å². The van der Waals surface area contributed by atoms with Crippen molar-refractivity contribution >= 4 is 17.3 Å². The molecule has 6 heteroatoms. The summed E-state index contributed by atoms with van der Waals surface area (Å²) in [6.07, 6.45) is 0. The van der Waals surface area contributed by atoms with Gasteiger partial charge in [-0.15, -0.1) is 11.3 Å². The summed E-state index contributed by atoms with van der Waals surface area (Å²) in [7, 11) is 0. The van der Waals surface area contributed by atoms with Gasteiger partial charge in [-0.2, -0.15) is 0 Å². The molecular weight excluding hydrogens is 356 g/mol. The first-order valence-electron chi connectivity index (χ1n) is 9.73. The smallest absolute Gasteiger partial charge is 0.191 e. The number of morpholine rings is 1. The Morgan fingerprint density at radius 2 is 1.96 bits per heavy atom. The zero-order valence-electron chi connectivity index (χ0n) is 16.2. The zero-order valence-corrected chi connectivity index (χ0v) is 17.0. The summed E-state index contributed by atoms with van der Waals surface area (Å²) in [5, 5.41) is 9.07. The molecule has 27 heavy (non-hydrogen) atoms. The first-order chi connectivity index (χ1) is 13.3. The van der Waals surface area contributed by atoms with Gasteiger partial charge in [0.1, 0.15) is 0 Å². The number of benzene rings is 1. The number of nitrogens with zero attached hydrogens (tertiary/aromatic N) is 2. The Bertz CT molecular complexity index is 683. The second-order valence-corrected chi connectivity index (χ2v) is 7.66. The second-order valence-electron chi connectivity index (χ2n) is 6.68. The van der Waals surface area contributed by atoms with Gasteiger partial charge < -0.3 is 15.4 Å². The molecule has 1 aromatic carbocycles. The SMILES string of the molecule is CCNC(=NCC(c1cccs1)N1CCOCC1)NC(C)c1ccccc1. The van der Waals surface area contributed by atoms with Crippen molar-refractivity contribution in [1.29, 1.82) is 0 Å². The van der Waals surface area contributed by atoms with Crippen LogP contribution in [0.3, 0.4) is 0 Å². The molecule has 1 aliphatic heterocycles. The predicted molar refractivity (Wildman–Crippen MR) is 113 cm³/mol. The van der Waals surface area contributed by atoms with Gasteiger partial charge in [0.2, 0.25) is 0 Å². The minimum Gasteiger partial charge on any atom is -0.379 e. The van der Waals surface area contributed by atoms with Crippen LogP contribution < -0.4 is 10.6 Å². The molecule has 1 fully saturated rings. The molecule has 0 amide bonds. The molecular formula is C21H30N4OS. The second kappa shape index (κ2) is 10.4. The number of aliphatic imine (C=N–C) groups is 1. The molecule has 0 aliphatic carbocycles. The van der Waals surface area contributed by atoms with Gasteiger partial charge in [-0.1, -0.05) is 36.4 Å². The van der Waals surface area contributed by atoms with E-state index in [-0.39, 0.29) is 6.04 Å². The maximum absolute atomic E-state index is 5.53. The molecule has 1 saturated heterocycles. The van der Waals surface area contributed by atoms with Crippen molar-refractivity contribution in [1.82, 2.24) is 15.5 Å². The number of hydrogen-bond acceptors (Lipinski definition) is 4.